The van der Waals surface area contributed by atoms with E-state index >= 15 is 0 Å². The maximum atomic E-state index is 12.4. The second-order valence-corrected chi connectivity index (χ2v) is 8.37. The van der Waals surface area contributed by atoms with Crippen LogP contribution in [0.1, 0.15) is 24.7 Å². The summed E-state index contributed by atoms with van der Waals surface area (Å²) in [5.74, 6) is 0.972. The fourth-order valence-electron chi connectivity index (χ4n) is 4.24. The summed E-state index contributed by atoms with van der Waals surface area (Å²) in [4.78, 5) is 16.9. The molecule has 3 N–H and O–H groups in total. The van der Waals surface area contributed by atoms with E-state index in [1.165, 1.54) is 0 Å². The van der Waals surface area contributed by atoms with Crippen molar-refractivity contribution in [3.63, 3.8) is 0 Å². The molecule has 0 saturated carbocycles. The third-order valence-electron chi connectivity index (χ3n) is 5.63. The lowest BCUT2D eigenvalue weighted by Crippen LogP contribution is -2.53. The van der Waals surface area contributed by atoms with Crippen LogP contribution in [0.4, 0.5) is 0 Å². The Balaban J connectivity index is 1.40. The summed E-state index contributed by atoms with van der Waals surface area (Å²) in [6.07, 6.45) is 3.45. The van der Waals surface area contributed by atoms with E-state index < -0.39 is 0 Å². The Bertz CT molecular complexity index is 951. The molecule has 29 heavy (non-hydrogen) atoms. The summed E-state index contributed by atoms with van der Waals surface area (Å²) >= 11 is 12.2. The number of hydrazine groups is 1. The molecular weight excluding hydrogens is 415 g/mol. The summed E-state index contributed by atoms with van der Waals surface area (Å²) < 4.78 is 5.55. The van der Waals surface area contributed by atoms with Crippen molar-refractivity contribution in [1.29, 1.82) is 0 Å². The summed E-state index contributed by atoms with van der Waals surface area (Å²) in [6.45, 7) is 2.51. The van der Waals surface area contributed by atoms with E-state index in [-0.39, 0.29) is 18.0 Å². The van der Waals surface area contributed by atoms with Crippen LogP contribution < -0.4 is 16.1 Å². The maximum Gasteiger partial charge on any atom is 0.247 e. The van der Waals surface area contributed by atoms with E-state index in [2.05, 4.69) is 31.2 Å². The molecule has 2 unspecified atom stereocenters. The Morgan fingerprint density at radius 3 is 2.66 bits per heavy atom. The largest absolute Gasteiger partial charge is 0.338 e. The van der Waals surface area contributed by atoms with Gasteiger partial charge in [0.05, 0.1) is 5.92 Å². The number of rotatable bonds is 3. The van der Waals surface area contributed by atoms with Gasteiger partial charge in [0.15, 0.2) is 0 Å². The van der Waals surface area contributed by atoms with Crippen molar-refractivity contribution in [3.8, 4) is 11.4 Å². The van der Waals surface area contributed by atoms with E-state index in [1.54, 1.807) is 24.3 Å². The van der Waals surface area contributed by atoms with Gasteiger partial charge in [-0.15, -0.1) is 0 Å². The van der Waals surface area contributed by atoms with Gasteiger partial charge in [0, 0.05) is 39.8 Å². The molecule has 8 nitrogen and oxygen atoms in total. The van der Waals surface area contributed by atoms with Crippen LogP contribution in [0.2, 0.25) is 10.0 Å². The molecule has 0 spiro atoms. The lowest BCUT2D eigenvalue weighted by Gasteiger charge is -2.38. The van der Waals surface area contributed by atoms with Gasteiger partial charge in [-0.1, -0.05) is 28.4 Å². The predicted molar refractivity (Wildman–Crippen MR) is 108 cm³/mol. The molecule has 0 radical (unpaired) electrons. The van der Waals surface area contributed by atoms with E-state index in [0.29, 0.717) is 39.8 Å². The van der Waals surface area contributed by atoms with Gasteiger partial charge < -0.3 is 15.2 Å². The standard InChI is InChI=1S/C19H20Cl2N6O2/c20-12-5-11(6-13(21)7-12)17-25-19(29-26-17)14-9-23-27-15(8-16(28)24-18(14)27)10-1-3-22-4-2-10/h5-8,10,14,18,22-23H,1-4,9H2,(H,24,28). The zero-order valence-corrected chi connectivity index (χ0v) is 17.0. The number of aromatic nitrogens is 2. The number of amides is 1. The van der Waals surface area contributed by atoms with Gasteiger partial charge in [0.25, 0.3) is 0 Å². The van der Waals surface area contributed by atoms with Crippen LogP contribution >= 0.6 is 23.2 Å². The van der Waals surface area contributed by atoms with Crippen LogP contribution in [-0.4, -0.2) is 46.9 Å². The first-order chi connectivity index (χ1) is 14.1. The highest BCUT2D eigenvalue weighted by molar-refractivity contribution is 6.35. The molecule has 2 saturated heterocycles. The van der Waals surface area contributed by atoms with Crippen LogP contribution in [0.25, 0.3) is 11.4 Å². The number of nitrogens with zero attached hydrogens (tertiary/aromatic N) is 3. The fraction of sp³-hybridized carbons (Fsp3) is 0.421. The van der Waals surface area contributed by atoms with E-state index in [4.69, 9.17) is 27.7 Å². The molecule has 5 rings (SSSR count). The molecule has 1 aromatic carbocycles. The Labute approximate surface area is 177 Å². The number of fused-ring (bicyclic) bond motifs is 1. The highest BCUT2D eigenvalue weighted by Crippen LogP contribution is 2.35. The van der Waals surface area contributed by atoms with Gasteiger partial charge in [0.2, 0.25) is 17.6 Å². The average Bonchev–Trinajstić information content (AvgIpc) is 3.34. The number of piperidine rings is 1. The van der Waals surface area contributed by atoms with Crippen molar-refractivity contribution in [2.45, 2.75) is 24.9 Å². The topological polar surface area (TPSA) is 95.3 Å². The van der Waals surface area contributed by atoms with Gasteiger partial charge in [-0.25, -0.2) is 5.43 Å². The van der Waals surface area contributed by atoms with Crippen LogP contribution in [0, 0.1) is 5.92 Å². The van der Waals surface area contributed by atoms with Crippen molar-refractivity contribution in [2.75, 3.05) is 19.6 Å². The minimum absolute atomic E-state index is 0.0881. The molecule has 4 heterocycles. The molecule has 2 aromatic rings. The SMILES string of the molecule is O=C1C=C(C2CCNCC2)N2NCC(c3nc(-c4cc(Cl)cc(Cl)c4)no3)C2N1. The van der Waals surface area contributed by atoms with Gasteiger partial charge in [-0.05, 0) is 44.1 Å². The normalized spacial score (nSPS) is 25.0. The third-order valence-corrected chi connectivity index (χ3v) is 6.06. The molecule has 152 valence electrons. The van der Waals surface area contributed by atoms with Crippen LogP contribution in [0.15, 0.2) is 34.5 Å². The van der Waals surface area contributed by atoms with Crippen molar-refractivity contribution in [2.24, 2.45) is 5.92 Å². The molecule has 3 aliphatic rings. The number of carbonyl (C=O) groups is 1. The fourth-order valence-corrected chi connectivity index (χ4v) is 4.76. The summed E-state index contributed by atoms with van der Waals surface area (Å²) in [6, 6.07) is 5.13. The second-order valence-electron chi connectivity index (χ2n) is 7.50. The Hall–Kier alpha value is -2.13. The number of carbonyl (C=O) groups excluding carboxylic acids is 1. The quantitative estimate of drug-likeness (QED) is 0.681. The second kappa shape index (κ2) is 7.60. The molecule has 0 bridgehead atoms. The number of benzene rings is 1. The lowest BCUT2D eigenvalue weighted by molar-refractivity contribution is -0.119. The van der Waals surface area contributed by atoms with E-state index in [0.717, 1.165) is 31.6 Å². The smallest absolute Gasteiger partial charge is 0.247 e. The van der Waals surface area contributed by atoms with E-state index in [9.17, 15) is 4.79 Å². The van der Waals surface area contributed by atoms with Crippen LogP contribution in [-0.2, 0) is 4.79 Å². The Morgan fingerprint density at radius 1 is 1.14 bits per heavy atom. The average molecular weight is 435 g/mol. The first-order valence-corrected chi connectivity index (χ1v) is 10.4. The highest BCUT2D eigenvalue weighted by atomic mass is 35.5. The number of hydrogen-bond donors (Lipinski definition) is 3. The van der Waals surface area contributed by atoms with Gasteiger partial charge in [0.1, 0.15) is 6.17 Å². The van der Waals surface area contributed by atoms with Crippen molar-refractivity contribution in [3.05, 3.63) is 45.9 Å². The minimum Gasteiger partial charge on any atom is -0.338 e. The maximum absolute atomic E-state index is 12.4. The first-order valence-electron chi connectivity index (χ1n) is 9.64. The van der Waals surface area contributed by atoms with Crippen molar-refractivity contribution < 1.29 is 9.32 Å². The Morgan fingerprint density at radius 2 is 1.90 bits per heavy atom. The molecule has 0 aliphatic carbocycles. The van der Waals surface area contributed by atoms with Gasteiger partial charge in [-0.3, -0.25) is 9.80 Å². The monoisotopic (exact) mass is 434 g/mol. The number of hydrogen-bond acceptors (Lipinski definition) is 7. The van der Waals surface area contributed by atoms with Crippen LogP contribution in [0.3, 0.4) is 0 Å². The highest BCUT2D eigenvalue weighted by Gasteiger charge is 2.44. The number of nitrogens with one attached hydrogen (secondary N) is 3. The third kappa shape index (κ3) is 3.61. The van der Waals surface area contributed by atoms with Crippen molar-refractivity contribution >= 4 is 29.1 Å². The lowest BCUT2D eigenvalue weighted by atomic mass is 9.92. The number of halogens is 2. The van der Waals surface area contributed by atoms with Crippen LogP contribution in [0.5, 0.6) is 0 Å². The zero-order chi connectivity index (χ0) is 20.0. The summed E-state index contributed by atoms with van der Waals surface area (Å²) in [7, 11) is 0. The van der Waals surface area contributed by atoms with Crippen molar-refractivity contribution in [1.82, 2.24) is 31.2 Å². The predicted octanol–water partition coefficient (Wildman–Crippen LogP) is 2.29. The summed E-state index contributed by atoms with van der Waals surface area (Å²) in [5.41, 5.74) is 5.12. The molecule has 1 aromatic heterocycles. The molecule has 2 fully saturated rings. The van der Waals surface area contributed by atoms with E-state index in [1.807, 2.05) is 0 Å². The first kappa shape index (κ1) is 18.9. The zero-order valence-electron chi connectivity index (χ0n) is 15.5. The van der Waals surface area contributed by atoms with Gasteiger partial charge >= 0.3 is 0 Å². The molecular formula is C19H20Cl2N6O2. The molecule has 10 heteroatoms. The summed E-state index contributed by atoms with van der Waals surface area (Å²) in [5, 5.41) is 13.6. The number of allylic oxidation sites excluding steroid dienone is 1. The molecule has 1 amide bonds. The molecule has 2 atom stereocenters. The minimum atomic E-state index is -0.270. The Kier molecular flexibility index (Phi) is 4.95. The van der Waals surface area contributed by atoms with Gasteiger partial charge in [-0.2, -0.15) is 4.98 Å². The molecule has 3 aliphatic heterocycles.